The SMILES string of the molecule is CN(C)CC(=O)N(C)c1ccc(N=C(c2cccs2)c2c(O)[nH]c3cc(Cl)ccc23)cc1F. The molecule has 0 aliphatic heterocycles. The fraction of sp³-hybridized carbons (Fsp3) is 0.167. The number of thiophene rings is 1. The fourth-order valence-electron chi connectivity index (χ4n) is 3.52. The fourth-order valence-corrected chi connectivity index (χ4v) is 4.41. The number of aromatic nitrogens is 1. The van der Waals surface area contributed by atoms with E-state index >= 15 is 0 Å². The standard InChI is InChI=1S/C24H22ClFN4O2S/c1-29(2)13-21(31)30(3)19-9-7-15(12-17(19)26)27-23(20-5-4-10-33-20)22-16-8-6-14(25)11-18(16)28-24(22)32/h4-12,28,32H,13H2,1-3H3. The summed E-state index contributed by atoms with van der Waals surface area (Å²) in [6.45, 7) is 0.169. The van der Waals surface area contributed by atoms with E-state index in [0.717, 1.165) is 10.3 Å². The van der Waals surface area contributed by atoms with E-state index in [-0.39, 0.29) is 24.0 Å². The summed E-state index contributed by atoms with van der Waals surface area (Å²) in [6, 6.07) is 13.5. The van der Waals surface area contributed by atoms with Crippen LogP contribution in [-0.4, -0.2) is 54.3 Å². The molecule has 0 saturated carbocycles. The average molecular weight is 485 g/mol. The van der Waals surface area contributed by atoms with Crippen molar-refractivity contribution in [2.24, 2.45) is 4.99 Å². The minimum atomic E-state index is -0.564. The number of hydrogen-bond acceptors (Lipinski definition) is 5. The van der Waals surface area contributed by atoms with Crippen molar-refractivity contribution < 1.29 is 14.3 Å². The van der Waals surface area contributed by atoms with Crippen LogP contribution in [0.1, 0.15) is 10.4 Å². The Labute approximate surface area is 199 Å². The molecule has 0 bridgehead atoms. The molecule has 0 fully saturated rings. The van der Waals surface area contributed by atoms with Gasteiger partial charge in [-0.1, -0.05) is 23.7 Å². The van der Waals surface area contributed by atoms with Gasteiger partial charge >= 0.3 is 0 Å². The maximum Gasteiger partial charge on any atom is 0.240 e. The quantitative estimate of drug-likeness (QED) is 0.359. The van der Waals surface area contributed by atoms with Crippen molar-refractivity contribution in [2.45, 2.75) is 0 Å². The number of nitrogens with one attached hydrogen (secondary N) is 1. The lowest BCUT2D eigenvalue weighted by molar-refractivity contribution is -0.118. The molecule has 0 aliphatic carbocycles. The van der Waals surface area contributed by atoms with Crippen LogP contribution in [0.3, 0.4) is 0 Å². The first kappa shape index (κ1) is 23.0. The molecule has 0 radical (unpaired) electrons. The van der Waals surface area contributed by atoms with Gasteiger partial charge in [0.05, 0.1) is 39.6 Å². The minimum Gasteiger partial charge on any atom is -0.494 e. The molecule has 0 aliphatic rings. The topological polar surface area (TPSA) is 71.9 Å². The molecule has 0 spiro atoms. The van der Waals surface area contributed by atoms with Gasteiger partial charge in [-0.05, 0) is 49.8 Å². The Hall–Kier alpha value is -3.20. The monoisotopic (exact) mass is 484 g/mol. The normalized spacial score (nSPS) is 12.0. The van der Waals surface area contributed by atoms with Crippen LogP contribution in [0.15, 0.2) is 58.9 Å². The average Bonchev–Trinajstić information content (AvgIpc) is 3.38. The summed E-state index contributed by atoms with van der Waals surface area (Å²) in [4.78, 5) is 23.8. The summed E-state index contributed by atoms with van der Waals surface area (Å²) in [6.07, 6.45) is 0. The Bertz CT molecular complexity index is 1350. The van der Waals surface area contributed by atoms with Gasteiger partial charge in [0.1, 0.15) is 5.82 Å². The number of halogens is 2. The van der Waals surface area contributed by atoms with Crippen molar-refractivity contribution in [3.63, 3.8) is 0 Å². The number of hydrogen-bond donors (Lipinski definition) is 2. The highest BCUT2D eigenvalue weighted by molar-refractivity contribution is 7.12. The number of carbonyl (C=O) groups excluding carboxylic acids is 1. The van der Waals surface area contributed by atoms with E-state index in [1.807, 2.05) is 17.5 Å². The highest BCUT2D eigenvalue weighted by atomic mass is 35.5. The van der Waals surface area contributed by atoms with E-state index in [9.17, 15) is 14.3 Å². The van der Waals surface area contributed by atoms with Crippen LogP contribution in [0.5, 0.6) is 5.88 Å². The van der Waals surface area contributed by atoms with Gasteiger partial charge in [0.15, 0.2) is 5.88 Å². The second-order valence-electron chi connectivity index (χ2n) is 7.80. The van der Waals surface area contributed by atoms with E-state index in [0.29, 0.717) is 27.5 Å². The predicted molar refractivity (Wildman–Crippen MR) is 133 cm³/mol. The summed E-state index contributed by atoms with van der Waals surface area (Å²) < 4.78 is 15.0. The molecule has 2 N–H and O–H groups in total. The number of aliphatic imine (C=N–C) groups is 1. The summed E-state index contributed by atoms with van der Waals surface area (Å²) in [5, 5.41) is 13.9. The lowest BCUT2D eigenvalue weighted by atomic mass is 10.1. The summed E-state index contributed by atoms with van der Waals surface area (Å²) >= 11 is 7.55. The van der Waals surface area contributed by atoms with Crippen molar-refractivity contribution in [2.75, 3.05) is 32.6 Å². The molecule has 170 valence electrons. The lowest BCUT2D eigenvalue weighted by Gasteiger charge is -2.20. The third-order valence-electron chi connectivity index (χ3n) is 5.09. The van der Waals surface area contributed by atoms with Crippen LogP contribution in [-0.2, 0) is 4.79 Å². The Morgan fingerprint density at radius 1 is 1.18 bits per heavy atom. The molecule has 9 heteroatoms. The van der Waals surface area contributed by atoms with Crippen molar-refractivity contribution in [1.29, 1.82) is 0 Å². The Balaban J connectivity index is 1.79. The number of fused-ring (bicyclic) bond motifs is 1. The second kappa shape index (κ2) is 9.35. The summed E-state index contributed by atoms with van der Waals surface area (Å²) in [7, 11) is 5.10. The zero-order chi connectivity index (χ0) is 23.7. The predicted octanol–water partition coefficient (Wildman–Crippen LogP) is 5.42. The van der Waals surface area contributed by atoms with Gasteiger partial charge in [-0.15, -0.1) is 11.3 Å². The van der Waals surface area contributed by atoms with E-state index < -0.39 is 5.82 Å². The molecule has 4 rings (SSSR count). The smallest absolute Gasteiger partial charge is 0.240 e. The first-order valence-corrected chi connectivity index (χ1v) is 11.3. The van der Waals surface area contributed by atoms with E-state index in [1.54, 1.807) is 50.3 Å². The number of aromatic hydroxyl groups is 1. The lowest BCUT2D eigenvalue weighted by Crippen LogP contribution is -2.35. The van der Waals surface area contributed by atoms with Gasteiger partial charge < -0.3 is 19.9 Å². The summed E-state index contributed by atoms with van der Waals surface area (Å²) in [5.74, 6) is -0.839. The number of carbonyl (C=O) groups is 1. The number of nitrogens with zero attached hydrogens (tertiary/aromatic N) is 3. The molecule has 2 heterocycles. The number of H-pyrrole nitrogens is 1. The number of benzene rings is 2. The second-order valence-corrected chi connectivity index (χ2v) is 9.19. The third-order valence-corrected chi connectivity index (χ3v) is 6.20. The molecule has 2 aromatic carbocycles. The highest BCUT2D eigenvalue weighted by Gasteiger charge is 2.20. The molecule has 0 saturated heterocycles. The highest BCUT2D eigenvalue weighted by Crippen LogP contribution is 2.34. The van der Waals surface area contributed by atoms with Gasteiger partial charge in [0.25, 0.3) is 0 Å². The minimum absolute atomic E-state index is 0.0504. The molecule has 33 heavy (non-hydrogen) atoms. The number of amides is 1. The maximum atomic E-state index is 15.0. The van der Waals surface area contributed by atoms with Gasteiger partial charge in [-0.2, -0.15) is 0 Å². The summed E-state index contributed by atoms with van der Waals surface area (Å²) in [5.41, 5.74) is 2.20. The van der Waals surface area contributed by atoms with E-state index in [4.69, 9.17) is 16.6 Å². The van der Waals surface area contributed by atoms with Gasteiger partial charge in [-0.25, -0.2) is 9.38 Å². The van der Waals surface area contributed by atoms with E-state index in [1.165, 1.54) is 28.4 Å². The van der Waals surface area contributed by atoms with Crippen molar-refractivity contribution in [3.8, 4) is 5.88 Å². The molecule has 1 amide bonds. The molecule has 0 atom stereocenters. The third kappa shape index (κ3) is 4.78. The Morgan fingerprint density at radius 3 is 2.64 bits per heavy atom. The van der Waals surface area contributed by atoms with Crippen LogP contribution >= 0.6 is 22.9 Å². The molecule has 2 aromatic heterocycles. The largest absolute Gasteiger partial charge is 0.494 e. The van der Waals surface area contributed by atoms with Crippen LogP contribution < -0.4 is 4.90 Å². The molecular formula is C24H22ClFN4O2S. The van der Waals surface area contributed by atoms with Gasteiger partial charge in [-0.3, -0.25) is 4.79 Å². The molecule has 0 unspecified atom stereocenters. The van der Waals surface area contributed by atoms with Gasteiger partial charge in [0, 0.05) is 23.5 Å². The Kier molecular flexibility index (Phi) is 6.51. The van der Waals surface area contributed by atoms with E-state index in [2.05, 4.69) is 4.98 Å². The molecule has 4 aromatic rings. The zero-order valence-corrected chi connectivity index (χ0v) is 19.8. The first-order valence-electron chi connectivity index (χ1n) is 10.1. The van der Waals surface area contributed by atoms with Gasteiger partial charge in [0.2, 0.25) is 5.91 Å². The van der Waals surface area contributed by atoms with Crippen LogP contribution in [0.25, 0.3) is 10.9 Å². The first-order chi connectivity index (χ1) is 15.7. The van der Waals surface area contributed by atoms with Crippen LogP contribution in [0, 0.1) is 5.82 Å². The number of likely N-dealkylation sites (N-methyl/N-ethyl adjacent to an activating group) is 2. The molecule has 6 nitrogen and oxygen atoms in total. The zero-order valence-electron chi connectivity index (χ0n) is 18.3. The number of rotatable bonds is 6. The number of aromatic amines is 1. The van der Waals surface area contributed by atoms with Crippen molar-refractivity contribution in [3.05, 3.63) is 75.2 Å². The van der Waals surface area contributed by atoms with Crippen LogP contribution in [0.2, 0.25) is 5.02 Å². The Morgan fingerprint density at radius 2 is 1.97 bits per heavy atom. The van der Waals surface area contributed by atoms with Crippen molar-refractivity contribution in [1.82, 2.24) is 9.88 Å². The number of anilines is 1. The maximum absolute atomic E-state index is 15.0. The van der Waals surface area contributed by atoms with Crippen LogP contribution in [0.4, 0.5) is 15.8 Å². The molecular weight excluding hydrogens is 463 g/mol. The van der Waals surface area contributed by atoms with Crippen molar-refractivity contribution >= 4 is 56.8 Å².